The number of piperazine rings is 1. The summed E-state index contributed by atoms with van der Waals surface area (Å²) in [5.41, 5.74) is 4.72. The zero-order valence-corrected chi connectivity index (χ0v) is 22.1. The van der Waals surface area contributed by atoms with Gasteiger partial charge in [-0.05, 0) is 36.2 Å². The second-order valence-corrected chi connectivity index (χ2v) is 10.2. The molecule has 1 N–H and O–H groups in total. The standard InChI is InChI=1S/C31H38N4O3/c1-2-5-25(6-3-1)29-28-7-4-14-35(18-17-33-15-12-32-13-16-33)31(28)38-30(29)26-8-10-27(11-9-26)37-24-21-34-19-22-36-23-20-34/h1-6,8-11,14,32H,7,12-13,15-24H2. The third kappa shape index (κ3) is 5.81. The van der Waals surface area contributed by atoms with E-state index in [2.05, 4.69) is 86.9 Å². The van der Waals surface area contributed by atoms with Gasteiger partial charge in [-0.15, -0.1) is 0 Å². The van der Waals surface area contributed by atoms with Crippen molar-refractivity contribution in [2.24, 2.45) is 0 Å². The van der Waals surface area contributed by atoms with Gasteiger partial charge in [0.2, 0.25) is 5.88 Å². The third-order valence-electron chi connectivity index (χ3n) is 7.68. The first-order valence-electron chi connectivity index (χ1n) is 14.0. The van der Waals surface area contributed by atoms with Gasteiger partial charge in [0.05, 0.1) is 13.2 Å². The molecule has 0 amide bonds. The van der Waals surface area contributed by atoms with Crippen LogP contribution in [0.2, 0.25) is 0 Å². The predicted octanol–water partition coefficient (Wildman–Crippen LogP) is 4.11. The topological polar surface area (TPSA) is 53.3 Å². The summed E-state index contributed by atoms with van der Waals surface area (Å²) in [5.74, 6) is 2.79. The molecule has 2 aromatic carbocycles. The average molecular weight is 515 g/mol. The largest absolute Gasteiger partial charge is 0.492 e. The van der Waals surface area contributed by atoms with E-state index in [-0.39, 0.29) is 0 Å². The number of furan rings is 1. The van der Waals surface area contributed by atoms with E-state index in [4.69, 9.17) is 13.9 Å². The smallest absolute Gasteiger partial charge is 0.204 e. The van der Waals surface area contributed by atoms with Crippen molar-refractivity contribution in [1.82, 2.24) is 15.1 Å². The summed E-state index contributed by atoms with van der Waals surface area (Å²) in [6.45, 7) is 11.5. The van der Waals surface area contributed by atoms with Crippen molar-refractivity contribution >= 4 is 5.88 Å². The summed E-state index contributed by atoms with van der Waals surface area (Å²) in [4.78, 5) is 7.21. The van der Waals surface area contributed by atoms with Gasteiger partial charge >= 0.3 is 0 Å². The van der Waals surface area contributed by atoms with Crippen LogP contribution < -0.4 is 15.0 Å². The lowest BCUT2D eigenvalue weighted by Crippen LogP contribution is -2.46. The number of hydrogen-bond donors (Lipinski definition) is 1. The van der Waals surface area contributed by atoms with E-state index in [1.54, 1.807) is 0 Å². The van der Waals surface area contributed by atoms with Gasteiger partial charge in [0, 0.05) is 81.8 Å². The van der Waals surface area contributed by atoms with Crippen LogP contribution in [-0.4, -0.2) is 88.5 Å². The Morgan fingerprint density at radius 2 is 1.55 bits per heavy atom. The molecule has 3 aromatic rings. The molecule has 1 aromatic heterocycles. The number of anilines is 1. The molecule has 0 atom stereocenters. The number of allylic oxidation sites excluding steroid dienone is 1. The molecule has 200 valence electrons. The quantitative estimate of drug-likeness (QED) is 0.461. The monoisotopic (exact) mass is 514 g/mol. The van der Waals surface area contributed by atoms with Crippen LogP contribution in [-0.2, 0) is 11.2 Å². The van der Waals surface area contributed by atoms with Gasteiger partial charge in [-0.1, -0.05) is 36.4 Å². The fraction of sp³-hybridized carbons (Fsp3) is 0.419. The lowest BCUT2D eigenvalue weighted by atomic mass is 9.95. The lowest BCUT2D eigenvalue weighted by molar-refractivity contribution is 0.0322. The van der Waals surface area contributed by atoms with Gasteiger partial charge in [0.25, 0.3) is 0 Å². The highest BCUT2D eigenvalue weighted by atomic mass is 16.5. The van der Waals surface area contributed by atoms with E-state index < -0.39 is 0 Å². The molecule has 4 heterocycles. The molecule has 2 saturated heterocycles. The second kappa shape index (κ2) is 12.2. The minimum Gasteiger partial charge on any atom is -0.492 e. The number of rotatable bonds is 9. The Morgan fingerprint density at radius 1 is 0.789 bits per heavy atom. The molecule has 0 saturated carbocycles. The summed E-state index contributed by atoms with van der Waals surface area (Å²) >= 11 is 0. The first-order chi connectivity index (χ1) is 18.8. The fourth-order valence-electron chi connectivity index (χ4n) is 5.53. The Balaban J connectivity index is 1.22. The molecule has 0 bridgehead atoms. The van der Waals surface area contributed by atoms with Crippen molar-refractivity contribution in [3.05, 3.63) is 72.4 Å². The zero-order chi connectivity index (χ0) is 25.6. The van der Waals surface area contributed by atoms with Gasteiger partial charge in [-0.3, -0.25) is 9.80 Å². The Morgan fingerprint density at radius 3 is 2.34 bits per heavy atom. The molecular formula is C31H38N4O3. The first-order valence-corrected chi connectivity index (χ1v) is 14.0. The van der Waals surface area contributed by atoms with Crippen LogP contribution in [0.4, 0.5) is 5.88 Å². The number of hydrogen-bond acceptors (Lipinski definition) is 7. The zero-order valence-electron chi connectivity index (χ0n) is 22.1. The van der Waals surface area contributed by atoms with Crippen LogP contribution in [0, 0.1) is 0 Å². The predicted molar refractivity (Wildman–Crippen MR) is 152 cm³/mol. The molecule has 2 fully saturated rings. The van der Waals surface area contributed by atoms with Crippen LogP contribution in [0.3, 0.4) is 0 Å². The summed E-state index contributed by atoms with van der Waals surface area (Å²) in [5, 5.41) is 3.44. The molecule has 0 aliphatic carbocycles. The molecule has 3 aliphatic rings. The molecule has 38 heavy (non-hydrogen) atoms. The van der Waals surface area contributed by atoms with Crippen molar-refractivity contribution in [1.29, 1.82) is 0 Å². The molecular weight excluding hydrogens is 476 g/mol. The van der Waals surface area contributed by atoms with Gasteiger partial charge in [0.1, 0.15) is 18.1 Å². The van der Waals surface area contributed by atoms with Crippen molar-refractivity contribution in [2.45, 2.75) is 6.42 Å². The molecule has 0 unspecified atom stereocenters. The van der Waals surface area contributed by atoms with Gasteiger partial charge in [0.15, 0.2) is 0 Å². The van der Waals surface area contributed by atoms with Crippen molar-refractivity contribution in [3.63, 3.8) is 0 Å². The normalized spacial score (nSPS) is 18.5. The van der Waals surface area contributed by atoms with Gasteiger partial charge < -0.3 is 24.1 Å². The Hall–Kier alpha value is -3.10. The molecule has 0 spiro atoms. The minimum absolute atomic E-state index is 0.678. The average Bonchev–Trinajstić information content (AvgIpc) is 3.38. The van der Waals surface area contributed by atoms with E-state index in [1.807, 2.05) is 0 Å². The summed E-state index contributed by atoms with van der Waals surface area (Å²) in [6.07, 6.45) is 5.32. The van der Waals surface area contributed by atoms with Crippen LogP contribution in [0.5, 0.6) is 5.75 Å². The number of nitrogens with zero attached hydrogens (tertiary/aromatic N) is 3. The number of benzene rings is 2. The molecule has 0 radical (unpaired) electrons. The van der Waals surface area contributed by atoms with Crippen LogP contribution >= 0.6 is 0 Å². The third-order valence-corrected chi connectivity index (χ3v) is 7.68. The second-order valence-electron chi connectivity index (χ2n) is 10.2. The van der Waals surface area contributed by atoms with E-state index in [1.165, 1.54) is 16.7 Å². The number of ether oxygens (including phenoxy) is 2. The van der Waals surface area contributed by atoms with Crippen LogP contribution in [0.25, 0.3) is 22.5 Å². The Labute approximate surface area is 225 Å². The van der Waals surface area contributed by atoms with Crippen LogP contribution in [0.15, 0.2) is 71.3 Å². The first kappa shape index (κ1) is 25.2. The van der Waals surface area contributed by atoms with Crippen LogP contribution in [0.1, 0.15) is 5.56 Å². The minimum atomic E-state index is 0.678. The lowest BCUT2D eigenvalue weighted by Gasteiger charge is -2.30. The highest BCUT2D eigenvalue weighted by Crippen LogP contribution is 2.45. The summed E-state index contributed by atoms with van der Waals surface area (Å²) in [7, 11) is 0. The number of nitrogens with one attached hydrogen (secondary N) is 1. The maximum Gasteiger partial charge on any atom is 0.204 e. The highest BCUT2D eigenvalue weighted by Gasteiger charge is 2.27. The SMILES string of the molecule is C1=CN(CCN2CCNCC2)c2oc(-c3ccc(OCCN4CCOCC4)cc3)c(-c3ccccc3)c2C1. The molecule has 3 aliphatic heterocycles. The van der Waals surface area contributed by atoms with Crippen molar-refractivity contribution < 1.29 is 13.9 Å². The fourth-order valence-corrected chi connectivity index (χ4v) is 5.53. The Kier molecular flexibility index (Phi) is 8.07. The number of fused-ring (bicyclic) bond motifs is 1. The van der Waals surface area contributed by atoms with E-state index in [9.17, 15) is 0 Å². The van der Waals surface area contributed by atoms with Crippen molar-refractivity contribution in [3.8, 4) is 28.2 Å². The molecule has 7 nitrogen and oxygen atoms in total. The summed E-state index contributed by atoms with van der Waals surface area (Å²) < 4.78 is 18.2. The molecule has 7 heteroatoms. The summed E-state index contributed by atoms with van der Waals surface area (Å²) in [6, 6.07) is 19.0. The van der Waals surface area contributed by atoms with Gasteiger partial charge in [-0.25, -0.2) is 0 Å². The maximum atomic E-state index is 6.72. The Bertz CT molecular complexity index is 1200. The van der Waals surface area contributed by atoms with Crippen molar-refractivity contribution in [2.75, 3.05) is 83.6 Å². The maximum absolute atomic E-state index is 6.72. The highest BCUT2D eigenvalue weighted by molar-refractivity contribution is 5.87. The molecule has 6 rings (SSSR count). The van der Waals surface area contributed by atoms with E-state index in [0.717, 1.165) is 101 Å². The van der Waals surface area contributed by atoms with E-state index in [0.29, 0.717) is 6.61 Å². The van der Waals surface area contributed by atoms with E-state index >= 15 is 0 Å². The number of morpholine rings is 1. The van der Waals surface area contributed by atoms with Gasteiger partial charge in [-0.2, -0.15) is 0 Å².